The monoisotopic (exact) mass is 141 g/mol. The summed E-state index contributed by atoms with van der Waals surface area (Å²) in [6.07, 6.45) is -4.31. The number of aliphatic hydroxyl groups is 2. The van der Waals surface area contributed by atoms with Gasteiger partial charge in [0.2, 0.25) is 0 Å². The van der Waals surface area contributed by atoms with Crippen molar-refractivity contribution in [3.8, 4) is 0 Å². The first-order valence-corrected chi connectivity index (χ1v) is 2.22. The van der Waals surface area contributed by atoms with Gasteiger partial charge in [0, 0.05) is 0 Å². The molecule has 1 unspecified atom stereocenters. The second kappa shape index (κ2) is 2.17. The third-order valence-corrected chi connectivity index (χ3v) is 0.929. The molecule has 0 saturated carbocycles. The molecule has 55 valence electrons. The van der Waals surface area contributed by atoms with E-state index < -0.39 is 18.3 Å². The Bertz CT molecular complexity index is 96.5. The SMILES string of the molecule is CC(O)(C[O])C(O)(F)F. The van der Waals surface area contributed by atoms with Gasteiger partial charge in [0.1, 0.15) is 6.61 Å². The highest BCUT2D eigenvalue weighted by molar-refractivity contribution is 4.78. The first-order chi connectivity index (χ1) is 3.81. The van der Waals surface area contributed by atoms with E-state index in [0.29, 0.717) is 6.92 Å². The van der Waals surface area contributed by atoms with Crippen LogP contribution in [0, 0.1) is 0 Å². The van der Waals surface area contributed by atoms with Crippen molar-refractivity contribution in [1.82, 2.24) is 0 Å². The average Bonchev–Trinajstić information content (AvgIpc) is 1.64. The van der Waals surface area contributed by atoms with Crippen molar-refractivity contribution >= 4 is 0 Å². The van der Waals surface area contributed by atoms with Gasteiger partial charge in [-0.05, 0) is 6.92 Å². The van der Waals surface area contributed by atoms with Crippen molar-refractivity contribution in [2.75, 3.05) is 6.61 Å². The van der Waals surface area contributed by atoms with E-state index in [0.717, 1.165) is 0 Å². The molecule has 0 aromatic rings. The topological polar surface area (TPSA) is 60.4 Å². The van der Waals surface area contributed by atoms with Crippen molar-refractivity contribution in [3.63, 3.8) is 0 Å². The van der Waals surface area contributed by atoms with E-state index in [2.05, 4.69) is 0 Å². The molecule has 3 nitrogen and oxygen atoms in total. The third-order valence-electron chi connectivity index (χ3n) is 0.929. The van der Waals surface area contributed by atoms with Gasteiger partial charge in [-0.15, -0.1) is 0 Å². The van der Waals surface area contributed by atoms with Crippen LogP contribution in [0.3, 0.4) is 0 Å². The molecule has 0 aliphatic carbocycles. The van der Waals surface area contributed by atoms with Crippen LogP contribution in [0.15, 0.2) is 0 Å². The molecule has 0 rings (SSSR count). The van der Waals surface area contributed by atoms with E-state index in [1.165, 1.54) is 0 Å². The van der Waals surface area contributed by atoms with Crippen molar-refractivity contribution in [2.45, 2.75) is 18.6 Å². The Morgan fingerprint density at radius 2 is 1.78 bits per heavy atom. The van der Waals surface area contributed by atoms with Crippen molar-refractivity contribution in [2.24, 2.45) is 0 Å². The minimum Gasteiger partial charge on any atom is -0.379 e. The fourth-order valence-electron chi connectivity index (χ4n) is 0.0868. The van der Waals surface area contributed by atoms with Crippen LogP contribution in [0.1, 0.15) is 6.92 Å². The summed E-state index contributed by atoms with van der Waals surface area (Å²) in [5.74, 6) is 0. The molecule has 0 saturated heterocycles. The molecule has 0 bridgehead atoms. The minimum absolute atomic E-state index is 0.569. The third kappa shape index (κ3) is 1.85. The van der Waals surface area contributed by atoms with Gasteiger partial charge in [-0.2, -0.15) is 8.78 Å². The molecule has 2 N–H and O–H groups in total. The Morgan fingerprint density at radius 3 is 1.78 bits per heavy atom. The maximum absolute atomic E-state index is 11.6. The van der Waals surface area contributed by atoms with Crippen LogP contribution in [0.5, 0.6) is 0 Å². The molecular weight excluding hydrogens is 134 g/mol. The maximum Gasteiger partial charge on any atom is 0.384 e. The largest absolute Gasteiger partial charge is 0.384 e. The lowest BCUT2D eigenvalue weighted by atomic mass is 10.1. The molecule has 5 heteroatoms. The van der Waals surface area contributed by atoms with Crippen LogP contribution in [0.4, 0.5) is 8.78 Å². The molecule has 0 amide bonds. The number of hydrogen-bond donors (Lipinski definition) is 2. The fraction of sp³-hybridized carbons (Fsp3) is 1.00. The van der Waals surface area contributed by atoms with Gasteiger partial charge < -0.3 is 10.2 Å². The van der Waals surface area contributed by atoms with E-state index >= 15 is 0 Å². The first kappa shape index (κ1) is 8.74. The molecule has 0 spiro atoms. The molecule has 1 atom stereocenters. The fourth-order valence-corrected chi connectivity index (χ4v) is 0.0868. The summed E-state index contributed by atoms with van der Waals surface area (Å²) in [5.41, 5.74) is -2.85. The van der Waals surface area contributed by atoms with Crippen LogP contribution in [0.25, 0.3) is 0 Å². The molecular formula is C4H7F2O3. The zero-order chi connectivity index (χ0) is 7.71. The Kier molecular flexibility index (Phi) is 2.10. The van der Waals surface area contributed by atoms with E-state index in [1.807, 2.05) is 0 Å². The van der Waals surface area contributed by atoms with Crippen LogP contribution < -0.4 is 0 Å². The summed E-state index contributed by atoms with van der Waals surface area (Å²) in [5, 5.41) is 25.8. The summed E-state index contributed by atoms with van der Waals surface area (Å²) in [6, 6.07) is 0. The Labute approximate surface area is 50.5 Å². The Morgan fingerprint density at radius 1 is 1.44 bits per heavy atom. The van der Waals surface area contributed by atoms with Gasteiger partial charge in [0.15, 0.2) is 5.60 Å². The predicted molar refractivity (Wildman–Crippen MR) is 23.3 cm³/mol. The van der Waals surface area contributed by atoms with Gasteiger partial charge in [-0.3, -0.25) is 0 Å². The zero-order valence-corrected chi connectivity index (χ0v) is 4.77. The molecule has 0 aliphatic rings. The van der Waals surface area contributed by atoms with Gasteiger partial charge in [-0.25, -0.2) is 5.11 Å². The van der Waals surface area contributed by atoms with E-state index in [-0.39, 0.29) is 0 Å². The van der Waals surface area contributed by atoms with Gasteiger partial charge >= 0.3 is 6.11 Å². The van der Waals surface area contributed by atoms with E-state index in [9.17, 15) is 13.9 Å². The first-order valence-electron chi connectivity index (χ1n) is 2.22. The number of halogens is 2. The molecule has 0 aromatic heterocycles. The highest BCUT2D eigenvalue weighted by Gasteiger charge is 2.47. The number of hydrogen-bond acceptors (Lipinski definition) is 2. The van der Waals surface area contributed by atoms with Gasteiger partial charge in [0.05, 0.1) is 0 Å². The molecule has 0 heterocycles. The quantitative estimate of drug-likeness (QED) is 0.557. The number of rotatable bonds is 2. The minimum atomic E-state index is -4.31. The molecule has 0 fully saturated rings. The predicted octanol–water partition coefficient (Wildman–Crippen LogP) is -0.247. The average molecular weight is 141 g/mol. The lowest BCUT2D eigenvalue weighted by Gasteiger charge is -2.24. The lowest BCUT2D eigenvalue weighted by molar-refractivity contribution is -0.311. The molecule has 9 heavy (non-hydrogen) atoms. The highest BCUT2D eigenvalue weighted by atomic mass is 19.3. The number of alkyl halides is 2. The van der Waals surface area contributed by atoms with E-state index in [1.54, 1.807) is 0 Å². The standard InChI is InChI=1S/C4H7F2O3/c1-3(8,2-7)4(5,6)9/h8-9H,2H2,1H3. The highest BCUT2D eigenvalue weighted by Crippen LogP contribution is 2.24. The molecule has 0 aromatic carbocycles. The second-order valence-electron chi connectivity index (χ2n) is 1.96. The van der Waals surface area contributed by atoms with E-state index in [4.69, 9.17) is 10.2 Å². The summed E-state index contributed by atoms with van der Waals surface area (Å²) < 4.78 is 23.2. The smallest absolute Gasteiger partial charge is 0.379 e. The summed E-state index contributed by atoms with van der Waals surface area (Å²) in [6.45, 7) is -0.865. The summed E-state index contributed by atoms with van der Waals surface area (Å²) in [7, 11) is 0. The van der Waals surface area contributed by atoms with Gasteiger partial charge in [-0.1, -0.05) is 0 Å². The van der Waals surface area contributed by atoms with Crippen molar-refractivity contribution in [1.29, 1.82) is 0 Å². The van der Waals surface area contributed by atoms with Gasteiger partial charge in [0.25, 0.3) is 0 Å². The summed E-state index contributed by atoms with van der Waals surface area (Å²) in [4.78, 5) is 0. The van der Waals surface area contributed by atoms with Crippen LogP contribution in [-0.2, 0) is 5.11 Å². The van der Waals surface area contributed by atoms with Crippen LogP contribution in [-0.4, -0.2) is 28.5 Å². The van der Waals surface area contributed by atoms with Crippen molar-refractivity contribution < 1.29 is 24.1 Å². The second-order valence-corrected chi connectivity index (χ2v) is 1.96. The lowest BCUT2D eigenvalue weighted by Crippen LogP contribution is -2.47. The van der Waals surface area contributed by atoms with Crippen LogP contribution in [0.2, 0.25) is 0 Å². The molecule has 0 aliphatic heterocycles. The van der Waals surface area contributed by atoms with Crippen LogP contribution >= 0.6 is 0 Å². The molecule has 1 radical (unpaired) electrons. The van der Waals surface area contributed by atoms with Crippen molar-refractivity contribution in [3.05, 3.63) is 0 Å². The zero-order valence-electron chi connectivity index (χ0n) is 4.77. The Hall–Kier alpha value is -0.260. The normalized spacial score (nSPS) is 19.3. The summed E-state index contributed by atoms with van der Waals surface area (Å²) >= 11 is 0. The maximum atomic E-state index is 11.6. The Balaban J connectivity index is 4.14.